The highest BCUT2D eigenvalue weighted by molar-refractivity contribution is 9.10. The molecule has 2 heteroatoms. The number of benzene rings is 1. The second kappa shape index (κ2) is 4.73. The molecule has 1 atom stereocenters. The minimum Gasteiger partial charge on any atom is -0.289 e. The molecule has 0 N–H and O–H groups in total. The molecule has 1 aromatic rings. The molecule has 19 heavy (non-hydrogen) atoms. The molecule has 1 nitrogen and oxygen atoms in total. The molecule has 0 bridgehead atoms. The minimum absolute atomic E-state index is 0.133. The SMILES string of the molecule is CC(C)(C)C1=NCCC2CCCc3c(Br)ccc1c32. The highest BCUT2D eigenvalue weighted by atomic mass is 79.9. The van der Waals surface area contributed by atoms with E-state index in [1.54, 1.807) is 11.1 Å². The molecule has 102 valence electrons. The lowest BCUT2D eigenvalue weighted by molar-refractivity contribution is 0.528. The van der Waals surface area contributed by atoms with Crippen LogP contribution in [0.2, 0.25) is 0 Å². The van der Waals surface area contributed by atoms with Gasteiger partial charge in [0.2, 0.25) is 0 Å². The van der Waals surface area contributed by atoms with Crippen LogP contribution < -0.4 is 0 Å². The maximum Gasteiger partial charge on any atom is 0.0476 e. The van der Waals surface area contributed by atoms with E-state index in [1.165, 1.54) is 41.4 Å². The van der Waals surface area contributed by atoms with Crippen molar-refractivity contribution in [2.75, 3.05) is 6.54 Å². The summed E-state index contributed by atoms with van der Waals surface area (Å²) in [5, 5.41) is 0. The molecular weight excluding hydrogens is 298 g/mol. The fraction of sp³-hybridized carbons (Fsp3) is 0.588. The first kappa shape index (κ1) is 13.4. The standard InChI is InChI=1S/C17H22BrN/c1-17(2,3)16-13-7-8-14(18)12-6-4-5-11(15(12)13)9-10-19-16/h7-8,11H,4-6,9-10H2,1-3H3. The van der Waals surface area contributed by atoms with Crippen molar-refractivity contribution in [1.29, 1.82) is 0 Å². The van der Waals surface area contributed by atoms with Crippen molar-refractivity contribution >= 4 is 21.6 Å². The smallest absolute Gasteiger partial charge is 0.0476 e. The summed E-state index contributed by atoms with van der Waals surface area (Å²) in [6.45, 7) is 7.83. The van der Waals surface area contributed by atoms with Crippen LogP contribution >= 0.6 is 15.9 Å². The Hall–Kier alpha value is -0.630. The summed E-state index contributed by atoms with van der Waals surface area (Å²) < 4.78 is 1.30. The molecule has 1 unspecified atom stereocenters. The summed E-state index contributed by atoms with van der Waals surface area (Å²) in [4.78, 5) is 4.93. The Morgan fingerprint density at radius 2 is 2.00 bits per heavy atom. The predicted octanol–water partition coefficient (Wildman–Crippen LogP) is 5.11. The van der Waals surface area contributed by atoms with Crippen LogP contribution in [0, 0.1) is 5.41 Å². The molecule has 1 aromatic carbocycles. The quantitative estimate of drug-likeness (QED) is 0.630. The Kier molecular flexibility index (Phi) is 3.33. The lowest BCUT2D eigenvalue weighted by Gasteiger charge is -2.30. The Balaban J connectivity index is 2.24. The maximum atomic E-state index is 4.93. The topological polar surface area (TPSA) is 12.4 Å². The number of halogens is 1. The monoisotopic (exact) mass is 319 g/mol. The van der Waals surface area contributed by atoms with Crippen LogP contribution in [0.4, 0.5) is 0 Å². The molecule has 1 aliphatic carbocycles. The first-order valence-corrected chi connectivity index (χ1v) is 8.14. The molecule has 3 rings (SSSR count). The van der Waals surface area contributed by atoms with E-state index in [1.807, 2.05) is 0 Å². The highest BCUT2D eigenvalue weighted by Gasteiger charge is 2.31. The van der Waals surface area contributed by atoms with Gasteiger partial charge in [0.25, 0.3) is 0 Å². The van der Waals surface area contributed by atoms with Gasteiger partial charge in [0, 0.05) is 22.1 Å². The first-order valence-electron chi connectivity index (χ1n) is 7.35. The molecule has 0 saturated carbocycles. The molecule has 1 aliphatic heterocycles. The highest BCUT2D eigenvalue weighted by Crippen LogP contribution is 2.42. The third kappa shape index (κ3) is 2.29. The first-order chi connectivity index (χ1) is 8.98. The largest absolute Gasteiger partial charge is 0.289 e. The van der Waals surface area contributed by atoms with Crippen molar-refractivity contribution in [3.63, 3.8) is 0 Å². The zero-order valence-electron chi connectivity index (χ0n) is 12.1. The normalized spacial score (nSPS) is 22.5. The second-order valence-electron chi connectivity index (χ2n) is 6.85. The van der Waals surface area contributed by atoms with Gasteiger partial charge in [-0.1, -0.05) is 42.8 Å². The van der Waals surface area contributed by atoms with Crippen LogP contribution in [0.25, 0.3) is 0 Å². The van der Waals surface area contributed by atoms with Crippen LogP contribution in [0.1, 0.15) is 62.6 Å². The van der Waals surface area contributed by atoms with Crippen molar-refractivity contribution in [3.8, 4) is 0 Å². The molecule has 0 saturated heterocycles. The zero-order valence-corrected chi connectivity index (χ0v) is 13.7. The van der Waals surface area contributed by atoms with E-state index in [2.05, 4.69) is 48.8 Å². The van der Waals surface area contributed by atoms with Gasteiger partial charge in [-0.25, -0.2) is 0 Å². The molecular formula is C17H22BrN. The second-order valence-corrected chi connectivity index (χ2v) is 7.70. The average Bonchev–Trinajstić information content (AvgIpc) is 2.54. The van der Waals surface area contributed by atoms with Crippen LogP contribution in [-0.4, -0.2) is 12.3 Å². The molecule has 0 fully saturated rings. The van der Waals surface area contributed by atoms with Crippen LogP contribution in [0.15, 0.2) is 21.6 Å². The molecule has 1 heterocycles. The molecule has 0 radical (unpaired) electrons. The van der Waals surface area contributed by atoms with Gasteiger partial charge >= 0.3 is 0 Å². The van der Waals surface area contributed by atoms with E-state index in [4.69, 9.17) is 4.99 Å². The Bertz CT molecular complexity index is 537. The molecule has 0 spiro atoms. The number of nitrogens with zero attached hydrogens (tertiary/aromatic N) is 1. The van der Waals surface area contributed by atoms with E-state index < -0.39 is 0 Å². The minimum atomic E-state index is 0.133. The summed E-state index contributed by atoms with van der Waals surface area (Å²) in [7, 11) is 0. The fourth-order valence-corrected chi connectivity index (χ4v) is 4.13. The van der Waals surface area contributed by atoms with E-state index >= 15 is 0 Å². The lowest BCUT2D eigenvalue weighted by atomic mass is 9.75. The fourth-order valence-electron chi connectivity index (χ4n) is 3.58. The van der Waals surface area contributed by atoms with E-state index in [0.717, 1.165) is 12.5 Å². The number of rotatable bonds is 0. The summed E-state index contributed by atoms with van der Waals surface area (Å²) in [6.07, 6.45) is 5.10. The Morgan fingerprint density at radius 1 is 1.21 bits per heavy atom. The summed E-state index contributed by atoms with van der Waals surface area (Å²) in [5.41, 5.74) is 6.02. The third-order valence-corrected chi connectivity index (χ3v) is 5.14. The Labute approximate surface area is 124 Å². The van der Waals surface area contributed by atoms with Gasteiger partial charge in [-0.3, -0.25) is 4.99 Å². The van der Waals surface area contributed by atoms with Crippen LogP contribution in [0.5, 0.6) is 0 Å². The van der Waals surface area contributed by atoms with E-state index in [-0.39, 0.29) is 5.41 Å². The lowest BCUT2D eigenvalue weighted by Crippen LogP contribution is -2.24. The summed E-state index contributed by atoms with van der Waals surface area (Å²) >= 11 is 3.75. The van der Waals surface area contributed by atoms with Crippen molar-refractivity contribution in [2.45, 2.75) is 52.4 Å². The Morgan fingerprint density at radius 3 is 2.74 bits per heavy atom. The van der Waals surface area contributed by atoms with E-state index in [9.17, 15) is 0 Å². The van der Waals surface area contributed by atoms with Gasteiger partial charge in [0.15, 0.2) is 0 Å². The molecule has 0 amide bonds. The zero-order chi connectivity index (χ0) is 13.6. The maximum absolute atomic E-state index is 4.93. The van der Waals surface area contributed by atoms with Crippen LogP contribution in [-0.2, 0) is 6.42 Å². The number of hydrogen-bond donors (Lipinski definition) is 0. The van der Waals surface area contributed by atoms with E-state index in [0.29, 0.717) is 0 Å². The average molecular weight is 320 g/mol. The summed E-state index contributed by atoms with van der Waals surface area (Å²) in [5.74, 6) is 0.722. The van der Waals surface area contributed by atoms with Crippen molar-refractivity contribution in [3.05, 3.63) is 33.3 Å². The third-order valence-electron chi connectivity index (χ3n) is 4.40. The van der Waals surface area contributed by atoms with Crippen molar-refractivity contribution in [2.24, 2.45) is 10.4 Å². The van der Waals surface area contributed by atoms with Gasteiger partial charge < -0.3 is 0 Å². The van der Waals surface area contributed by atoms with Crippen molar-refractivity contribution < 1.29 is 0 Å². The number of aliphatic imine (C=N–C) groups is 1. The molecule has 0 aromatic heterocycles. The van der Waals surface area contributed by atoms with Gasteiger partial charge in [-0.15, -0.1) is 0 Å². The van der Waals surface area contributed by atoms with Gasteiger partial charge in [-0.2, -0.15) is 0 Å². The predicted molar refractivity (Wildman–Crippen MR) is 85.3 cm³/mol. The van der Waals surface area contributed by atoms with Gasteiger partial charge in [0.1, 0.15) is 0 Å². The van der Waals surface area contributed by atoms with Crippen molar-refractivity contribution in [1.82, 2.24) is 0 Å². The van der Waals surface area contributed by atoms with Gasteiger partial charge in [0.05, 0.1) is 0 Å². The van der Waals surface area contributed by atoms with Gasteiger partial charge in [-0.05, 0) is 54.4 Å². The molecule has 2 aliphatic rings. The summed E-state index contributed by atoms with van der Waals surface area (Å²) in [6, 6.07) is 4.51. The van der Waals surface area contributed by atoms with Crippen LogP contribution in [0.3, 0.4) is 0 Å². The number of hydrogen-bond acceptors (Lipinski definition) is 1.